The molecule has 0 unspecified atom stereocenters. The number of hydrogen-bond donors (Lipinski definition) is 2. The van der Waals surface area contributed by atoms with Gasteiger partial charge in [0.1, 0.15) is 5.82 Å². The first-order valence-electron chi connectivity index (χ1n) is 7.50. The van der Waals surface area contributed by atoms with Crippen LogP contribution < -0.4 is 10.6 Å². The Hall–Kier alpha value is -1.27. The molecule has 116 valence electrons. The monoisotopic (exact) mass is 308 g/mol. The summed E-state index contributed by atoms with van der Waals surface area (Å²) in [4.78, 5) is 19.0. The van der Waals surface area contributed by atoms with Crippen molar-refractivity contribution in [3.05, 3.63) is 23.4 Å². The molecule has 0 radical (unpaired) electrons. The van der Waals surface area contributed by atoms with Gasteiger partial charge in [-0.15, -0.1) is 0 Å². The Bertz CT molecular complexity index is 475. The molecule has 2 rings (SSSR count). The highest BCUT2D eigenvalue weighted by atomic mass is 32.2. The minimum Gasteiger partial charge on any atom is -0.370 e. The van der Waals surface area contributed by atoms with Crippen molar-refractivity contribution in [2.45, 2.75) is 13.8 Å². The zero-order valence-electron chi connectivity index (χ0n) is 12.8. The van der Waals surface area contributed by atoms with Crippen molar-refractivity contribution in [1.29, 1.82) is 0 Å². The second-order valence-corrected chi connectivity index (χ2v) is 6.35. The molecule has 6 heteroatoms. The number of nitrogens with one attached hydrogen (secondary N) is 2. The molecule has 1 aromatic heterocycles. The van der Waals surface area contributed by atoms with Crippen LogP contribution in [0.4, 0.5) is 5.82 Å². The van der Waals surface area contributed by atoms with Crippen molar-refractivity contribution >= 4 is 23.5 Å². The molecule has 1 aromatic rings. The molecule has 1 aliphatic rings. The predicted octanol–water partition coefficient (Wildman–Crippen LogP) is 1.60. The molecule has 2 heterocycles. The van der Waals surface area contributed by atoms with Crippen molar-refractivity contribution in [2.75, 3.05) is 49.5 Å². The highest BCUT2D eigenvalue weighted by Gasteiger charge is 2.11. The van der Waals surface area contributed by atoms with Gasteiger partial charge in [0.05, 0.1) is 0 Å². The molecule has 0 spiro atoms. The smallest absolute Gasteiger partial charge is 0.251 e. The molecule has 0 saturated carbocycles. The number of amides is 1. The van der Waals surface area contributed by atoms with Gasteiger partial charge in [0.2, 0.25) is 0 Å². The maximum atomic E-state index is 12.2. The van der Waals surface area contributed by atoms with Crippen LogP contribution in [0.2, 0.25) is 0 Å². The van der Waals surface area contributed by atoms with Crippen LogP contribution in [0.15, 0.2) is 12.1 Å². The number of pyridine rings is 1. The van der Waals surface area contributed by atoms with Crippen LogP contribution in [0.25, 0.3) is 0 Å². The van der Waals surface area contributed by atoms with E-state index in [1.54, 1.807) is 0 Å². The zero-order chi connectivity index (χ0) is 15.1. The Balaban J connectivity index is 1.84. The molecule has 1 fully saturated rings. The summed E-state index contributed by atoms with van der Waals surface area (Å²) in [7, 11) is 0. The van der Waals surface area contributed by atoms with E-state index in [9.17, 15) is 4.79 Å². The lowest BCUT2D eigenvalue weighted by Crippen LogP contribution is -2.39. The molecule has 0 bridgehead atoms. The normalized spacial score (nSPS) is 15.7. The molecule has 1 amide bonds. The number of rotatable bonds is 6. The second-order valence-electron chi connectivity index (χ2n) is 5.12. The fourth-order valence-electron chi connectivity index (χ4n) is 2.33. The number of anilines is 1. The fraction of sp³-hybridized carbons (Fsp3) is 0.600. The summed E-state index contributed by atoms with van der Waals surface area (Å²) in [5, 5.41) is 6.15. The van der Waals surface area contributed by atoms with Crippen LogP contribution in [0.5, 0.6) is 0 Å². The molecular formula is C15H24N4OS. The van der Waals surface area contributed by atoms with Crippen LogP contribution in [-0.2, 0) is 0 Å². The predicted molar refractivity (Wildman–Crippen MR) is 89.2 cm³/mol. The first kappa shape index (κ1) is 16.1. The minimum absolute atomic E-state index is 0.0222. The molecule has 0 atom stereocenters. The average molecular weight is 308 g/mol. The number of aryl methyl sites for hydroxylation is 1. The van der Waals surface area contributed by atoms with Crippen LogP contribution >= 0.6 is 11.8 Å². The highest BCUT2D eigenvalue weighted by Crippen LogP contribution is 2.10. The summed E-state index contributed by atoms with van der Waals surface area (Å²) in [6, 6.07) is 3.64. The number of aromatic nitrogens is 1. The van der Waals surface area contributed by atoms with E-state index in [1.807, 2.05) is 37.7 Å². The first-order chi connectivity index (χ1) is 10.2. The van der Waals surface area contributed by atoms with Crippen LogP contribution in [0.1, 0.15) is 23.0 Å². The molecule has 0 aliphatic carbocycles. The number of carbonyl (C=O) groups is 1. The zero-order valence-corrected chi connectivity index (χ0v) is 13.6. The minimum atomic E-state index is -0.0222. The average Bonchev–Trinajstić information content (AvgIpc) is 2.48. The molecule has 2 N–H and O–H groups in total. The van der Waals surface area contributed by atoms with Gasteiger partial charge in [-0.2, -0.15) is 11.8 Å². The second kappa shape index (κ2) is 8.24. The van der Waals surface area contributed by atoms with Gasteiger partial charge in [0, 0.05) is 55.5 Å². The van der Waals surface area contributed by atoms with Gasteiger partial charge >= 0.3 is 0 Å². The third-order valence-electron chi connectivity index (χ3n) is 3.39. The summed E-state index contributed by atoms with van der Waals surface area (Å²) >= 11 is 2.00. The largest absolute Gasteiger partial charge is 0.370 e. The fourth-order valence-corrected chi connectivity index (χ4v) is 3.30. The van der Waals surface area contributed by atoms with Gasteiger partial charge in [-0.05, 0) is 26.0 Å². The summed E-state index contributed by atoms with van der Waals surface area (Å²) < 4.78 is 0. The van der Waals surface area contributed by atoms with Gasteiger partial charge in [-0.25, -0.2) is 4.98 Å². The highest BCUT2D eigenvalue weighted by molar-refractivity contribution is 7.99. The van der Waals surface area contributed by atoms with Crippen molar-refractivity contribution in [2.24, 2.45) is 0 Å². The van der Waals surface area contributed by atoms with Crippen LogP contribution in [0, 0.1) is 6.92 Å². The third kappa shape index (κ3) is 5.21. The van der Waals surface area contributed by atoms with E-state index >= 15 is 0 Å². The summed E-state index contributed by atoms with van der Waals surface area (Å²) in [5.74, 6) is 3.13. The Morgan fingerprint density at radius 1 is 1.38 bits per heavy atom. The van der Waals surface area contributed by atoms with Crippen LogP contribution in [0.3, 0.4) is 0 Å². The van der Waals surface area contributed by atoms with E-state index < -0.39 is 0 Å². The number of carbonyl (C=O) groups excluding carboxylic acids is 1. The van der Waals surface area contributed by atoms with Crippen molar-refractivity contribution in [3.8, 4) is 0 Å². The maximum Gasteiger partial charge on any atom is 0.251 e. The lowest BCUT2D eigenvalue weighted by atomic mass is 10.2. The van der Waals surface area contributed by atoms with Gasteiger partial charge < -0.3 is 10.6 Å². The maximum absolute atomic E-state index is 12.2. The number of thioether (sulfide) groups is 1. The first-order valence-corrected chi connectivity index (χ1v) is 8.65. The molecular weight excluding hydrogens is 284 g/mol. The molecule has 5 nitrogen and oxygen atoms in total. The van der Waals surface area contributed by atoms with Crippen LogP contribution in [-0.4, -0.2) is 60.0 Å². The Morgan fingerprint density at radius 3 is 2.86 bits per heavy atom. The van der Waals surface area contributed by atoms with E-state index in [-0.39, 0.29) is 5.91 Å². The van der Waals surface area contributed by atoms with Gasteiger partial charge in [0.25, 0.3) is 5.91 Å². The summed E-state index contributed by atoms with van der Waals surface area (Å²) in [6.45, 7) is 8.59. The van der Waals surface area contributed by atoms with E-state index in [2.05, 4.69) is 20.5 Å². The summed E-state index contributed by atoms with van der Waals surface area (Å²) in [5.41, 5.74) is 1.53. The van der Waals surface area contributed by atoms with Crippen molar-refractivity contribution < 1.29 is 4.79 Å². The standard InChI is InChI=1S/C15H24N4OS/c1-3-16-14-11-13(10-12(2)18-14)15(20)17-4-5-19-6-8-21-9-7-19/h10-11H,3-9H2,1-2H3,(H,16,18)(H,17,20). The quantitative estimate of drug-likeness (QED) is 0.836. The van der Waals surface area contributed by atoms with E-state index in [0.29, 0.717) is 12.1 Å². The molecule has 1 aliphatic heterocycles. The third-order valence-corrected chi connectivity index (χ3v) is 4.33. The molecule has 1 saturated heterocycles. The van der Waals surface area contributed by atoms with E-state index in [4.69, 9.17) is 0 Å². The van der Waals surface area contributed by atoms with E-state index in [0.717, 1.165) is 37.7 Å². The number of hydrogen-bond acceptors (Lipinski definition) is 5. The van der Waals surface area contributed by atoms with Gasteiger partial charge in [-0.1, -0.05) is 0 Å². The van der Waals surface area contributed by atoms with Gasteiger partial charge in [0.15, 0.2) is 0 Å². The summed E-state index contributed by atoms with van der Waals surface area (Å²) in [6.07, 6.45) is 0. The SMILES string of the molecule is CCNc1cc(C(=O)NCCN2CCSCC2)cc(C)n1. The molecule has 0 aromatic carbocycles. The Labute approximate surface area is 130 Å². The topological polar surface area (TPSA) is 57.3 Å². The number of nitrogens with zero attached hydrogens (tertiary/aromatic N) is 2. The van der Waals surface area contributed by atoms with Crippen molar-refractivity contribution in [1.82, 2.24) is 15.2 Å². The Kier molecular flexibility index (Phi) is 6.32. The molecule has 21 heavy (non-hydrogen) atoms. The van der Waals surface area contributed by atoms with Gasteiger partial charge in [-0.3, -0.25) is 9.69 Å². The lowest BCUT2D eigenvalue weighted by molar-refractivity contribution is 0.0948. The Morgan fingerprint density at radius 2 is 2.14 bits per heavy atom. The van der Waals surface area contributed by atoms with Crippen molar-refractivity contribution in [3.63, 3.8) is 0 Å². The lowest BCUT2D eigenvalue weighted by Gasteiger charge is -2.26. The van der Waals surface area contributed by atoms with E-state index in [1.165, 1.54) is 11.5 Å².